The molecule has 6 N–H and O–H groups in total. The summed E-state index contributed by atoms with van der Waals surface area (Å²) in [4.78, 5) is 33.9. The lowest BCUT2D eigenvalue weighted by molar-refractivity contribution is -0.117. The van der Waals surface area contributed by atoms with Crippen LogP contribution in [0.15, 0.2) is 41.3 Å². The van der Waals surface area contributed by atoms with E-state index in [2.05, 4.69) is 10.3 Å². The molecule has 1 saturated carbocycles. The molecule has 0 bridgehead atoms. The molecule has 0 spiro atoms. The number of rotatable bonds is 7. The highest BCUT2D eigenvalue weighted by Crippen LogP contribution is 2.45. The molecule has 3 atom stereocenters. The van der Waals surface area contributed by atoms with Crippen LogP contribution < -0.4 is 26.6 Å². The first-order valence-electron chi connectivity index (χ1n) is 16.2. The topological polar surface area (TPSA) is 178 Å². The fraction of sp³-hybridized carbons (Fsp3) is 0.581. The van der Waals surface area contributed by atoms with Crippen LogP contribution in [0.3, 0.4) is 0 Å². The molecular weight excluding hydrogens is 670 g/mol. The van der Waals surface area contributed by atoms with Gasteiger partial charge in [-0.15, -0.1) is 0 Å². The number of nitrogens with one attached hydrogen (secondary N) is 1. The van der Waals surface area contributed by atoms with Gasteiger partial charge in [-0.25, -0.2) is 27.0 Å². The van der Waals surface area contributed by atoms with Gasteiger partial charge in [0.15, 0.2) is 0 Å². The lowest BCUT2D eigenvalue weighted by atomic mass is 9.80. The number of benzene rings is 1. The van der Waals surface area contributed by atoms with Crippen molar-refractivity contribution in [2.45, 2.75) is 67.2 Å². The minimum Gasteiger partial charge on any atom is -0.390 e. The first-order chi connectivity index (χ1) is 22.7. The van der Waals surface area contributed by atoms with E-state index in [1.807, 2.05) is 0 Å². The Hall–Kier alpha value is -3.15. The molecule has 4 aliphatic rings. The Bertz CT molecular complexity index is 1610. The SMILES string of the molecule is N[C@@H]1CC(=O)N(c2ccc(S(=O)(=O)N3CCN(c4cc(C(F)(F)C5CCC(NC(=O)N6CC(O)[C@H](N)C6)CC5)cc(Cl)n4)CC3)cc2)C1. The number of aliphatic hydroxyl groups excluding tert-OH is 1. The number of halogens is 3. The average Bonchev–Trinajstić information content (AvgIpc) is 3.59. The van der Waals surface area contributed by atoms with Crippen molar-refractivity contribution < 1.29 is 31.9 Å². The quantitative estimate of drug-likeness (QED) is 0.311. The summed E-state index contributed by atoms with van der Waals surface area (Å²) in [5.41, 5.74) is 12.0. The molecule has 3 saturated heterocycles. The summed E-state index contributed by atoms with van der Waals surface area (Å²) >= 11 is 6.25. The molecule has 1 aromatic heterocycles. The standard InChI is InChI=1S/C31H41ClF2N8O5S/c32-27-13-20(31(33,34)19-1-3-22(4-2-19)37-30(45)40-17-25(36)26(43)18-40)14-28(38-27)39-9-11-41(12-10-39)48(46,47)24-7-5-23(6-8-24)42-16-21(35)15-29(42)44/h5-8,13-14,19,21-22,25-26,43H,1-4,9-12,15-18,35-36H2,(H,37,45)/t19?,21-,22?,25-,26?/m1/s1. The van der Waals surface area contributed by atoms with Crippen molar-refractivity contribution in [3.05, 3.63) is 47.1 Å². The highest BCUT2D eigenvalue weighted by molar-refractivity contribution is 7.89. The smallest absolute Gasteiger partial charge is 0.317 e. The van der Waals surface area contributed by atoms with Crippen molar-refractivity contribution in [1.82, 2.24) is 19.5 Å². The van der Waals surface area contributed by atoms with E-state index in [9.17, 15) is 23.1 Å². The fourth-order valence-electron chi connectivity index (χ4n) is 7.01. The van der Waals surface area contributed by atoms with Gasteiger partial charge in [-0.1, -0.05) is 11.6 Å². The number of alkyl halides is 2. The minimum atomic E-state index is -3.84. The Morgan fingerprint density at radius 1 is 1.00 bits per heavy atom. The Labute approximate surface area is 283 Å². The van der Waals surface area contributed by atoms with E-state index in [1.165, 1.54) is 33.5 Å². The van der Waals surface area contributed by atoms with Gasteiger partial charge in [0.25, 0.3) is 5.92 Å². The second kappa shape index (κ2) is 13.6. The van der Waals surface area contributed by atoms with Crippen molar-refractivity contribution in [2.75, 3.05) is 55.6 Å². The molecular formula is C31H41ClF2N8O5S. The van der Waals surface area contributed by atoms with E-state index in [4.69, 9.17) is 23.1 Å². The highest BCUT2D eigenvalue weighted by atomic mass is 35.5. The van der Waals surface area contributed by atoms with Gasteiger partial charge in [-0.3, -0.25) is 4.79 Å². The van der Waals surface area contributed by atoms with Gasteiger partial charge in [-0.2, -0.15) is 4.31 Å². The number of hydrogen-bond donors (Lipinski definition) is 4. The molecule has 262 valence electrons. The van der Waals surface area contributed by atoms with Crippen molar-refractivity contribution in [2.24, 2.45) is 17.4 Å². The molecule has 1 aromatic carbocycles. The minimum absolute atomic E-state index is 0.0817. The number of carbonyl (C=O) groups is 2. The molecule has 48 heavy (non-hydrogen) atoms. The van der Waals surface area contributed by atoms with Gasteiger partial charge in [0.1, 0.15) is 11.0 Å². The summed E-state index contributed by atoms with van der Waals surface area (Å²) in [6.07, 6.45) is 0.602. The zero-order valence-corrected chi connectivity index (χ0v) is 27.9. The Morgan fingerprint density at radius 3 is 2.25 bits per heavy atom. The van der Waals surface area contributed by atoms with Gasteiger partial charge in [0, 0.05) is 87.5 Å². The van der Waals surface area contributed by atoms with Crippen LogP contribution in [0.1, 0.15) is 37.7 Å². The predicted octanol–water partition coefficient (Wildman–Crippen LogP) is 1.67. The molecule has 1 aliphatic carbocycles. The van der Waals surface area contributed by atoms with Crippen molar-refractivity contribution in [1.29, 1.82) is 0 Å². The van der Waals surface area contributed by atoms with Crippen LogP contribution >= 0.6 is 11.6 Å². The van der Waals surface area contributed by atoms with E-state index in [1.54, 1.807) is 21.9 Å². The maximum atomic E-state index is 15.9. The number of pyridine rings is 1. The van der Waals surface area contributed by atoms with Crippen LogP contribution in [-0.4, -0.2) is 110 Å². The number of anilines is 2. The van der Waals surface area contributed by atoms with Crippen molar-refractivity contribution in [3.63, 3.8) is 0 Å². The third kappa shape index (κ3) is 7.09. The number of sulfonamides is 1. The van der Waals surface area contributed by atoms with Gasteiger partial charge >= 0.3 is 6.03 Å². The van der Waals surface area contributed by atoms with Crippen LogP contribution in [0.2, 0.25) is 5.15 Å². The Morgan fingerprint density at radius 2 is 1.67 bits per heavy atom. The first-order valence-corrected chi connectivity index (χ1v) is 18.0. The summed E-state index contributed by atoms with van der Waals surface area (Å²) < 4.78 is 60.0. The first kappa shape index (κ1) is 34.7. The summed E-state index contributed by atoms with van der Waals surface area (Å²) in [5.74, 6) is -4.03. The molecule has 17 heteroatoms. The van der Waals surface area contributed by atoms with Gasteiger partial charge in [-0.05, 0) is 62.1 Å². The highest BCUT2D eigenvalue weighted by Gasteiger charge is 2.44. The average molecular weight is 711 g/mol. The molecule has 4 heterocycles. The number of aromatic nitrogens is 1. The molecule has 2 aromatic rings. The number of urea groups is 1. The Kier molecular flexibility index (Phi) is 9.86. The zero-order valence-electron chi connectivity index (χ0n) is 26.3. The van der Waals surface area contributed by atoms with E-state index >= 15 is 8.78 Å². The second-order valence-corrected chi connectivity index (χ2v) is 15.5. The molecule has 3 aliphatic heterocycles. The van der Waals surface area contributed by atoms with Crippen molar-refractivity contribution >= 4 is 45.1 Å². The molecule has 13 nitrogen and oxygen atoms in total. The second-order valence-electron chi connectivity index (χ2n) is 13.1. The normalized spacial score (nSPS) is 27.5. The van der Waals surface area contributed by atoms with Crippen LogP contribution in [0.5, 0.6) is 0 Å². The van der Waals surface area contributed by atoms with Crippen LogP contribution in [0.25, 0.3) is 0 Å². The summed E-state index contributed by atoms with van der Waals surface area (Å²) in [6, 6.07) is 7.26. The van der Waals surface area contributed by atoms with E-state index < -0.39 is 34.0 Å². The van der Waals surface area contributed by atoms with E-state index in [-0.39, 0.29) is 104 Å². The molecule has 4 fully saturated rings. The van der Waals surface area contributed by atoms with Crippen LogP contribution in [-0.2, 0) is 20.7 Å². The zero-order chi connectivity index (χ0) is 34.4. The van der Waals surface area contributed by atoms with Gasteiger partial charge in [0.2, 0.25) is 15.9 Å². The molecule has 1 unspecified atom stereocenters. The maximum Gasteiger partial charge on any atom is 0.317 e. The number of likely N-dealkylation sites (tertiary alicyclic amines) is 1. The lowest BCUT2D eigenvalue weighted by Crippen LogP contribution is -2.49. The van der Waals surface area contributed by atoms with E-state index in [0.29, 0.717) is 25.1 Å². The van der Waals surface area contributed by atoms with Crippen LogP contribution in [0.4, 0.5) is 25.1 Å². The number of carbonyl (C=O) groups excluding carboxylic acids is 2. The fourth-order valence-corrected chi connectivity index (χ4v) is 8.63. The number of nitrogens with two attached hydrogens (primary N) is 2. The van der Waals surface area contributed by atoms with E-state index in [0.717, 1.165) is 0 Å². The number of amides is 3. The maximum absolute atomic E-state index is 15.9. The third-order valence-electron chi connectivity index (χ3n) is 9.86. The number of nitrogens with zero attached hydrogens (tertiary/aromatic N) is 5. The molecule has 0 radical (unpaired) electrons. The van der Waals surface area contributed by atoms with Crippen LogP contribution in [0, 0.1) is 5.92 Å². The number of β-amino-alcohol motifs (C(OH)–C–C–N with tert-alkyl or cyclic N) is 1. The monoisotopic (exact) mass is 710 g/mol. The number of aliphatic hydroxyl groups is 1. The third-order valence-corrected chi connectivity index (χ3v) is 12.0. The van der Waals surface area contributed by atoms with Gasteiger partial charge < -0.3 is 36.6 Å². The molecule has 6 rings (SSSR count). The largest absolute Gasteiger partial charge is 0.390 e. The summed E-state index contributed by atoms with van der Waals surface area (Å²) in [5, 5.41) is 12.6. The Balaban J connectivity index is 1.05. The predicted molar refractivity (Wildman–Crippen MR) is 175 cm³/mol. The lowest BCUT2D eigenvalue weighted by Gasteiger charge is -2.36. The van der Waals surface area contributed by atoms with Gasteiger partial charge in [0.05, 0.1) is 11.0 Å². The number of hydrogen-bond acceptors (Lipinski definition) is 9. The molecule has 3 amide bonds. The summed E-state index contributed by atoms with van der Waals surface area (Å²) in [7, 11) is -3.84. The summed E-state index contributed by atoms with van der Waals surface area (Å²) in [6.45, 7) is 1.43. The number of piperazine rings is 1. The van der Waals surface area contributed by atoms with Crippen molar-refractivity contribution in [3.8, 4) is 0 Å².